The van der Waals surface area contributed by atoms with Crippen molar-refractivity contribution in [3.05, 3.63) is 59.4 Å². The fourth-order valence-electron chi connectivity index (χ4n) is 2.20. The highest BCUT2D eigenvalue weighted by molar-refractivity contribution is 7.89. The summed E-state index contributed by atoms with van der Waals surface area (Å²) >= 11 is 6.09. The van der Waals surface area contributed by atoms with Crippen molar-refractivity contribution in [2.75, 3.05) is 6.61 Å². The molecule has 0 amide bonds. The first-order chi connectivity index (χ1) is 12.5. The van der Waals surface area contributed by atoms with Gasteiger partial charge < -0.3 is 9.26 Å². The van der Waals surface area contributed by atoms with Crippen LogP contribution in [0.15, 0.2) is 57.9 Å². The average molecular weight is 394 g/mol. The van der Waals surface area contributed by atoms with Crippen LogP contribution in [-0.2, 0) is 16.6 Å². The number of benzene rings is 2. The van der Waals surface area contributed by atoms with Gasteiger partial charge in [0.25, 0.3) is 0 Å². The molecule has 1 N–H and O–H groups in total. The Balaban J connectivity index is 1.69. The quantitative estimate of drug-likeness (QED) is 0.662. The molecule has 0 spiro atoms. The first-order valence-corrected chi connectivity index (χ1v) is 9.65. The number of ether oxygens (including phenoxy) is 1. The fourth-order valence-corrected chi connectivity index (χ4v) is 3.40. The van der Waals surface area contributed by atoms with Crippen molar-refractivity contribution >= 4 is 21.6 Å². The van der Waals surface area contributed by atoms with E-state index >= 15 is 0 Å². The summed E-state index contributed by atoms with van der Waals surface area (Å²) in [7, 11) is -3.71. The van der Waals surface area contributed by atoms with Crippen LogP contribution in [0.2, 0.25) is 5.02 Å². The van der Waals surface area contributed by atoms with Crippen molar-refractivity contribution in [1.29, 1.82) is 0 Å². The third kappa shape index (κ3) is 4.21. The van der Waals surface area contributed by atoms with Crippen LogP contribution in [0.25, 0.3) is 11.4 Å². The predicted molar refractivity (Wildman–Crippen MR) is 96.4 cm³/mol. The van der Waals surface area contributed by atoms with Crippen LogP contribution in [0.1, 0.15) is 12.8 Å². The summed E-state index contributed by atoms with van der Waals surface area (Å²) in [6.07, 6.45) is 0. The van der Waals surface area contributed by atoms with Crippen LogP contribution in [-0.4, -0.2) is 25.2 Å². The van der Waals surface area contributed by atoms with Gasteiger partial charge in [0.2, 0.25) is 21.7 Å². The van der Waals surface area contributed by atoms with Gasteiger partial charge >= 0.3 is 0 Å². The van der Waals surface area contributed by atoms with Crippen molar-refractivity contribution in [3.63, 3.8) is 0 Å². The molecule has 1 aromatic heterocycles. The first-order valence-electron chi connectivity index (χ1n) is 7.79. The summed E-state index contributed by atoms with van der Waals surface area (Å²) < 4.78 is 37.5. The van der Waals surface area contributed by atoms with Gasteiger partial charge in [-0.2, -0.15) is 4.98 Å². The lowest BCUT2D eigenvalue weighted by molar-refractivity contribution is 0.340. The monoisotopic (exact) mass is 393 g/mol. The van der Waals surface area contributed by atoms with Crippen molar-refractivity contribution in [3.8, 4) is 17.1 Å². The minimum absolute atomic E-state index is 0.117. The molecule has 0 aliphatic heterocycles. The topological polar surface area (TPSA) is 94.3 Å². The van der Waals surface area contributed by atoms with Gasteiger partial charge in [0, 0.05) is 5.56 Å². The van der Waals surface area contributed by atoms with E-state index in [0.29, 0.717) is 28.8 Å². The van der Waals surface area contributed by atoms with E-state index in [2.05, 4.69) is 14.9 Å². The third-order valence-electron chi connectivity index (χ3n) is 3.44. The minimum atomic E-state index is -3.71. The molecule has 3 aromatic rings. The Bertz CT molecular complexity index is 987. The molecule has 0 unspecified atom stereocenters. The number of aromatic nitrogens is 2. The van der Waals surface area contributed by atoms with E-state index in [9.17, 15) is 8.42 Å². The molecule has 0 aliphatic rings. The molecule has 7 nitrogen and oxygen atoms in total. The molecule has 9 heteroatoms. The van der Waals surface area contributed by atoms with Crippen LogP contribution in [0, 0.1) is 0 Å². The maximum Gasteiger partial charge on any atom is 0.242 e. The maximum absolute atomic E-state index is 12.3. The summed E-state index contributed by atoms with van der Waals surface area (Å²) in [5.41, 5.74) is 0.610. The Morgan fingerprint density at radius 2 is 1.88 bits per heavy atom. The van der Waals surface area contributed by atoms with Crippen molar-refractivity contribution in [2.45, 2.75) is 18.4 Å². The second-order valence-corrected chi connectivity index (χ2v) is 7.39. The molecule has 0 saturated carbocycles. The lowest BCUT2D eigenvalue weighted by Crippen LogP contribution is -2.23. The summed E-state index contributed by atoms with van der Waals surface area (Å²) in [4.78, 5) is 4.28. The van der Waals surface area contributed by atoms with E-state index in [1.807, 2.05) is 6.92 Å². The summed E-state index contributed by atoms with van der Waals surface area (Å²) in [5, 5.41) is 4.31. The van der Waals surface area contributed by atoms with E-state index in [1.165, 1.54) is 12.1 Å². The summed E-state index contributed by atoms with van der Waals surface area (Å²) in [6.45, 7) is 2.23. The fraction of sp³-hybridized carbons (Fsp3) is 0.176. The molecule has 0 radical (unpaired) electrons. The number of nitrogens with zero attached hydrogens (tertiary/aromatic N) is 2. The van der Waals surface area contributed by atoms with Gasteiger partial charge in [-0.25, -0.2) is 13.1 Å². The van der Waals surface area contributed by atoms with Gasteiger partial charge in [-0.05, 0) is 43.3 Å². The number of sulfonamides is 1. The molecule has 136 valence electrons. The molecule has 2 aromatic carbocycles. The minimum Gasteiger partial charge on any atom is -0.494 e. The lowest BCUT2D eigenvalue weighted by atomic mass is 10.2. The van der Waals surface area contributed by atoms with Crippen LogP contribution >= 0.6 is 11.6 Å². The highest BCUT2D eigenvalue weighted by Gasteiger charge is 2.17. The van der Waals surface area contributed by atoms with Gasteiger partial charge in [-0.15, -0.1) is 0 Å². The van der Waals surface area contributed by atoms with Crippen molar-refractivity contribution < 1.29 is 17.7 Å². The number of hydrogen-bond acceptors (Lipinski definition) is 6. The largest absolute Gasteiger partial charge is 0.494 e. The molecule has 1 heterocycles. The second kappa shape index (κ2) is 7.86. The molecule has 0 saturated heterocycles. The zero-order chi connectivity index (χ0) is 18.6. The standard InChI is InChI=1S/C17H16ClN3O4S/c1-2-24-12-7-9-13(10-8-12)26(22,23)19-11-16-20-17(21-25-16)14-5-3-4-6-15(14)18/h3-10,19H,2,11H2,1H3. The van der Waals surface area contributed by atoms with Gasteiger partial charge in [0.05, 0.1) is 23.1 Å². The van der Waals surface area contributed by atoms with Crippen LogP contribution < -0.4 is 9.46 Å². The second-order valence-electron chi connectivity index (χ2n) is 5.22. The Hall–Kier alpha value is -2.42. The number of hydrogen-bond donors (Lipinski definition) is 1. The van der Waals surface area contributed by atoms with E-state index in [4.69, 9.17) is 20.9 Å². The SMILES string of the molecule is CCOc1ccc(S(=O)(=O)NCc2nc(-c3ccccc3Cl)no2)cc1. The van der Waals surface area contributed by atoms with Gasteiger partial charge in [0.15, 0.2) is 0 Å². The number of halogens is 1. The Morgan fingerprint density at radius 3 is 2.58 bits per heavy atom. The highest BCUT2D eigenvalue weighted by atomic mass is 35.5. The van der Waals surface area contributed by atoms with Gasteiger partial charge in [-0.3, -0.25) is 0 Å². The number of rotatable bonds is 7. The molecule has 0 atom stereocenters. The smallest absolute Gasteiger partial charge is 0.242 e. The van der Waals surface area contributed by atoms with E-state index < -0.39 is 10.0 Å². The molecule has 3 rings (SSSR count). The zero-order valence-electron chi connectivity index (χ0n) is 13.8. The Morgan fingerprint density at radius 1 is 1.15 bits per heavy atom. The van der Waals surface area contributed by atoms with E-state index in [-0.39, 0.29) is 17.3 Å². The van der Waals surface area contributed by atoms with Gasteiger partial charge in [-0.1, -0.05) is 28.9 Å². The highest BCUT2D eigenvalue weighted by Crippen LogP contribution is 2.25. The van der Waals surface area contributed by atoms with Crippen LogP contribution in [0.3, 0.4) is 0 Å². The van der Waals surface area contributed by atoms with Crippen LogP contribution in [0.4, 0.5) is 0 Å². The third-order valence-corrected chi connectivity index (χ3v) is 5.19. The van der Waals surface area contributed by atoms with E-state index in [1.54, 1.807) is 36.4 Å². The van der Waals surface area contributed by atoms with Crippen LogP contribution in [0.5, 0.6) is 5.75 Å². The molecular weight excluding hydrogens is 378 g/mol. The number of nitrogens with one attached hydrogen (secondary N) is 1. The molecular formula is C17H16ClN3O4S. The molecule has 0 aliphatic carbocycles. The van der Waals surface area contributed by atoms with Crippen molar-refractivity contribution in [2.24, 2.45) is 0 Å². The van der Waals surface area contributed by atoms with E-state index in [0.717, 1.165) is 0 Å². The maximum atomic E-state index is 12.3. The van der Waals surface area contributed by atoms with Gasteiger partial charge in [0.1, 0.15) is 5.75 Å². The molecule has 0 fully saturated rings. The average Bonchev–Trinajstić information content (AvgIpc) is 3.10. The molecule has 26 heavy (non-hydrogen) atoms. The lowest BCUT2D eigenvalue weighted by Gasteiger charge is -2.06. The summed E-state index contributed by atoms with van der Waals surface area (Å²) in [6, 6.07) is 13.2. The van der Waals surface area contributed by atoms with Crippen molar-refractivity contribution in [1.82, 2.24) is 14.9 Å². The first kappa shape index (κ1) is 18.4. The summed E-state index contributed by atoms with van der Waals surface area (Å²) in [5.74, 6) is 1.04. The normalized spacial score (nSPS) is 11.5. The predicted octanol–water partition coefficient (Wildman–Crippen LogP) is 3.27. The molecule has 0 bridgehead atoms. The Kier molecular flexibility index (Phi) is 5.55. The zero-order valence-corrected chi connectivity index (χ0v) is 15.4. The Labute approximate surface area is 156 Å².